The molecule has 0 saturated carbocycles. The highest BCUT2D eigenvalue weighted by molar-refractivity contribution is 5.07. The lowest BCUT2D eigenvalue weighted by Gasteiger charge is -2.41. The van der Waals surface area contributed by atoms with Crippen LogP contribution in [-0.2, 0) is 4.74 Å². The molecule has 0 fully saturated rings. The molecule has 0 amide bonds. The molecule has 0 radical (unpaired) electrons. The summed E-state index contributed by atoms with van der Waals surface area (Å²) in [6.45, 7) is -0.809. The van der Waals surface area contributed by atoms with Crippen molar-refractivity contribution in [2.75, 3.05) is 7.11 Å². The first-order chi connectivity index (χ1) is 7.56. The van der Waals surface area contributed by atoms with Crippen molar-refractivity contribution in [1.29, 1.82) is 0 Å². The molecule has 0 heterocycles. The molecular weight excluding hydrogens is 290 g/mol. The van der Waals surface area contributed by atoms with Gasteiger partial charge in [-0.15, -0.1) is 0 Å². The molecule has 1 nitrogen and oxygen atoms in total. The minimum Gasteiger partial charge on any atom is -0.342 e. The van der Waals surface area contributed by atoms with Crippen LogP contribution in [0.5, 0.6) is 0 Å². The quantitative estimate of drug-likeness (QED) is 0.720. The van der Waals surface area contributed by atoms with Crippen LogP contribution < -0.4 is 0 Å². The Morgan fingerprint density at radius 1 is 0.667 bits per heavy atom. The predicted octanol–water partition coefficient (Wildman–Crippen LogP) is 3.79. The maximum atomic E-state index is 13.3. The van der Waals surface area contributed by atoms with Crippen LogP contribution in [0.1, 0.15) is 6.92 Å². The second kappa shape index (κ2) is 4.14. The van der Waals surface area contributed by atoms with E-state index < -0.39 is 36.7 Å². The molecule has 18 heavy (non-hydrogen) atoms. The van der Waals surface area contributed by atoms with Crippen LogP contribution in [-0.4, -0.2) is 36.9 Å². The van der Waals surface area contributed by atoms with Gasteiger partial charge < -0.3 is 4.74 Å². The second-order valence-electron chi connectivity index (χ2n) is 3.37. The van der Waals surface area contributed by atoms with Gasteiger partial charge in [0.15, 0.2) is 0 Å². The van der Waals surface area contributed by atoms with E-state index in [4.69, 9.17) is 0 Å². The number of rotatable bonds is 3. The van der Waals surface area contributed by atoms with Crippen molar-refractivity contribution in [2.24, 2.45) is 0 Å². The fourth-order valence-electron chi connectivity index (χ4n) is 0.979. The molecule has 0 aromatic carbocycles. The average molecular weight is 296 g/mol. The van der Waals surface area contributed by atoms with E-state index in [9.17, 15) is 43.9 Å². The van der Waals surface area contributed by atoms with Crippen molar-refractivity contribution in [2.45, 2.75) is 36.7 Å². The number of methoxy groups -OCH3 is 1. The fraction of sp³-hybridized carbons (Fsp3) is 1.00. The first-order valence-electron chi connectivity index (χ1n) is 4.00. The van der Waals surface area contributed by atoms with Gasteiger partial charge in [-0.1, -0.05) is 0 Å². The fourth-order valence-corrected chi connectivity index (χ4v) is 0.979. The van der Waals surface area contributed by atoms with Gasteiger partial charge in [-0.05, 0) is 6.92 Å². The molecule has 0 aromatic heterocycles. The smallest absolute Gasteiger partial charge is 0.342 e. The molecule has 0 spiro atoms. The highest BCUT2D eigenvalue weighted by atomic mass is 19.4. The standard InChI is InChI=1S/C7H6F10O/c1-3(8,6(12,13)14)5(11,18-2)4(9,10)7(15,16)17/h1-2H3. The summed E-state index contributed by atoms with van der Waals surface area (Å²) < 4.78 is 126. The molecule has 0 aliphatic carbocycles. The minimum absolute atomic E-state index is 0.233. The number of ether oxygens (including phenoxy) is 1. The van der Waals surface area contributed by atoms with Gasteiger partial charge >= 0.3 is 24.1 Å². The van der Waals surface area contributed by atoms with Gasteiger partial charge in [-0.25, -0.2) is 8.78 Å². The van der Waals surface area contributed by atoms with Crippen LogP contribution in [0.15, 0.2) is 0 Å². The molecule has 0 aliphatic heterocycles. The Labute approximate surface area is 93.7 Å². The SMILES string of the molecule is COC(F)(C(C)(F)C(F)(F)F)C(F)(F)C(F)(F)F. The predicted molar refractivity (Wildman–Crippen MR) is 37.4 cm³/mol. The molecule has 2 unspecified atom stereocenters. The summed E-state index contributed by atoms with van der Waals surface area (Å²) in [7, 11) is -0.233. The summed E-state index contributed by atoms with van der Waals surface area (Å²) in [5.74, 6) is -12.6. The Morgan fingerprint density at radius 2 is 1.00 bits per heavy atom. The van der Waals surface area contributed by atoms with Crippen LogP contribution in [0.3, 0.4) is 0 Å². The van der Waals surface area contributed by atoms with Gasteiger partial charge in [0.25, 0.3) is 5.67 Å². The molecule has 0 bridgehead atoms. The summed E-state index contributed by atoms with van der Waals surface area (Å²) in [6, 6.07) is 0. The van der Waals surface area contributed by atoms with Crippen molar-refractivity contribution in [1.82, 2.24) is 0 Å². The molecule has 11 heteroatoms. The van der Waals surface area contributed by atoms with Gasteiger partial charge in [0.1, 0.15) is 0 Å². The molecular formula is C7H6F10O. The van der Waals surface area contributed by atoms with E-state index in [0.717, 1.165) is 0 Å². The van der Waals surface area contributed by atoms with Gasteiger partial charge in [0.05, 0.1) is 0 Å². The van der Waals surface area contributed by atoms with E-state index in [1.165, 1.54) is 0 Å². The first kappa shape index (κ1) is 17.3. The summed E-state index contributed by atoms with van der Waals surface area (Å²) in [5, 5.41) is 0. The first-order valence-corrected chi connectivity index (χ1v) is 4.00. The van der Waals surface area contributed by atoms with Crippen molar-refractivity contribution in [3.63, 3.8) is 0 Å². The number of halogens is 10. The van der Waals surface area contributed by atoms with E-state index in [-0.39, 0.29) is 7.11 Å². The Morgan fingerprint density at radius 3 is 1.17 bits per heavy atom. The van der Waals surface area contributed by atoms with Crippen molar-refractivity contribution in [3.05, 3.63) is 0 Å². The molecule has 0 aliphatic rings. The van der Waals surface area contributed by atoms with Crippen LogP contribution in [0.4, 0.5) is 43.9 Å². The van der Waals surface area contributed by atoms with Gasteiger partial charge in [-0.2, -0.15) is 35.1 Å². The molecule has 2 atom stereocenters. The maximum Gasteiger partial charge on any atom is 0.459 e. The summed E-state index contributed by atoms with van der Waals surface area (Å²) in [5.41, 5.74) is -5.58. The number of alkyl halides is 10. The highest BCUT2D eigenvalue weighted by Gasteiger charge is 2.84. The Bertz CT molecular complexity index is 274. The Hall–Kier alpha value is -0.740. The number of hydrogen-bond donors (Lipinski definition) is 0. The second-order valence-corrected chi connectivity index (χ2v) is 3.37. The van der Waals surface area contributed by atoms with Gasteiger partial charge in [0.2, 0.25) is 0 Å². The summed E-state index contributed by atoms with van der Waals surface area (Å²) in [6.07, 6.45) is -13.1. The van der Waals surface area contributed by atoms with E-state index in [1.807, 2.05) is 0 Å². The van der Waals surface area contributed by atoms with E-state index >= 15 is 0 Å². The lowest BCUT2D eigenvalue weighted by atomic mass is 9.91. The molecule has 0 N–H and O–H groups in total. The van der Waals surface area contributed by atoms with Crippen LogP contribution in [0, 0.1) is 0 Å². The van der Waals surface area contributed by atoms with E-state index in [0.29, 0.717) is 0 Å². The Kier molecular flexibility index (Phi) is 3.97. The van der Waals surface area contributed by atoms with Crippen LogP contribution in [0.2, 0.25) is 0 Å². The largest absolute Gasteiger partial charge is 0.459 e. The van der Waals surface area contributed by atoms with E-state index in [2.05, 4.69) is 4.74 Å². The third kappa shape index (κ3) is 2.12. The summed E-state index contributed by atoms with van der Waals surface area (Å²) in [4.78, 5) is 0. The highest BCUT2D eigenvalue weighted by Crippen LogP contribution is 2.56. The van der Waals surface area contributed by atoms with Gasteiger partial charge in [-0.3, -0.25) is 0 Å². The lowest BCUT2D eigenvalue weighted by molar-refractivity contribution is -0.433. The Balaban J connectivity index is 5.96. The molecule has 110 valence electrons. The molecule has 0 saturated heterocycles. The zero-order valence-corrected chi connectivity index (χ0v) is 8.69. The van der Waals surface area contributed by atoms with Gasteiger partial charge in [0, 0.05) is 7.11 Å². The normalized spacial score (nSPS) is 21.3. The lowest BCUT2D eigenvalue weighted by Crippen LogP contribution is -2.69. The summed E-state index contributed by atoms with van der Waals surface area (Å²) >= 11 is 0. The topological polar surface area (TPSA) is 9.23 Å². The monoisotopic (exact) mass is 296 g/mol. The minimum atomic E-state index is -6.77. The van der Waals surface area contributed by atoms with E-state index in [1.54, 1.807) is 0 Å². The maximum absolute atomic E-state index is 13.3. The van der Waals surface area contributed by atoms with Crippen molar-refractivity contribution < 1.29 is 48.6 Å². The third-order valence-electron chi connectivity index (χ3n) is 2.18. The molecule has 0 rings (SSSR count). The van der Waals surface area contributed by atoms with Crippen molar-refractivity contribution >= 4 is 0 Å². The van der Waals surface area contributed by atoms with Crippen LogP contribution in [0.25, 0.3) is 0 Å². The third-order valence-corrected chi connectivity index (χ3v) is 2.18. The number of hydrogen-bond acceptors (Lipinski definition) is 1. The zero-order valence-electron chi connectivity index (χ0n) is 8.69. The zero-order chi connectivity index (χ0) is 15.2. The molecule has 0 aromatic rings. The van der Waals surface area contributed by atoms with Crippen LogP contribution >= 0.6 is 0 Å². The van der Waals surface area contributed by atoms with Crippen molar-refractivity contribution in [3.8, 4) is 0 Å². The average Bonchev–Trinajstić information content (AvgIpc) is 2.12.